The highest BCUT2D eigenvalue weighted by molar-refractivity contribution is 5.33. The molecule has 2 rings (SSSR count). The van der Waals surface area contributed by atoms with Crippen LogP contribution in [0.1, 0.15) is 38.4 Å². The second-order valence-corrected chi connectivity index (χ2v) is 4.61. The Kier molecular flexibility index (Phi) is 4.15. The van der Waals surface area contributed by atoms with Gasteiger partial charge in [0.05, 0.1) is 11.4 Å². The Labute approximate surface area is 109 Å². The fourth-order valence-corrected chi connectivity index (χ4v) is 2.39. The molecule has 0 aliphatic carbocycles. The van der Waals surface area contributed by atoms with Crippen LogP contribution in [0.25, 0.3) is 5.69 Å². The first-order valence-corrected chi connectivity index (χ1v) is 6.62. The van der Waals surface area contributed by atoms with Crippen molar-refractivity contribution in [1.29, 1.82) is 0 Å². The van der Waals surface area contributed by atoms with E-state index >= 15 is 0 Å². The van der Waals surface area contributed by atoms with E-state index in [0.717, 1.165) is 24.2 Å². The van der Waals surface area contributed by atoms with Crippen molar-refractivity contribution in [2.24, 2.45) is 11.7 Å². The molecule has 1 aromatic heterocycles. The third-order valence-electron chi connectivity index (χ3n) is 3.57. The van der Waals surface area contributed by atoms with Crippen molar-refractivity contribution < 1.29 is 0 Å². The molecular weight excluding hydrogens is 222 g/mol. The monoisotopic (exact) mass is 243 g/mol. The molecule has 2 aromatic rings. The minimum Gasteiger partial charge on any atom is -0.322 e. The maximum atomic E-state index is 6.38. The Balaban J connectivity index is 2.33. The van der Waals surface area contributed by atoms with Gasteiger partial charge in [0.2, 0.25) is 0 Å². The van der Waals surface area contributed by atoms with Crippen LogP contribution in [0.15, 0.2) is 42.6 Å². The maximum absolute atomic E-state index is 6.38. The van der Waals surface area contributed by atoms with Gasteiger partial charge < -0.3 is 5.73 Å². The van der Waals surface area contributed by atoms with Crippen LogP contribution in [0.5, 0.6) is 0 Å². The first-order chi connectivity index (χ1) is 8.77. The van der Waals surface area contributed by atoms with Gasteiger partial charge in [-0.15, -0.1) is 0 Å². The summed E-state index contributed by atoms with van der Waals surface area (Å²) in [5.41, 5.74) is 8.54. The van der Waals surface area contributed by atoms with E-state index in [2.05, 4.69) is 31.1 Å². The SMILES string of the molecule is CCC(CC)C(N)c1ccnn1-c1ccccc1. The Morgan fingerprint density at radius 1 is 1.11 bits per heavy atom. The number of rotatable bonds is 5. The van der Waals surface area contributed by atoms with E-state index in [9.17, 15) is 0 Å². The molecule has 0 radical (unpaired) electrons. The molecule has 1 heterocycles. The first-order valence-electron chi connectivity index (χ1n) is 6.62. The van der Waals surface area contributed by atoms with E-state index in [-0.39, 0.29) is 6.04 Å². The third-order valence-corrected chi connectivity index (χ3v) is 3.57. The normalized spacial score (nSPS) is 12.9. The molecule has 0 bridgehead atoms. The lowest BCUT2D eigenvalue weighted by molar-refractivity contribution is 0.393. The van der Waals surface area contributed by atoms with Gasteiger partial charge in [0.25, 0.3) is 0 Å². The number of para-hydroxylation sites is 1. The third kappa shape index (κ3) is 2.46. The molecule has 1 aromatic carbocycles. The molecule has 0 spiro atoms. The highest BCUT2D eigenvalue weighted by atomic mass is 15.3. The molecule has 1 atom stereocenters. The topological polar surface area (TPSA) is 43.8 Å². The van der Waals surface area contributed by atoms with E-state index in [0.29, 0.717) is 5.92 Å². The molecule has 1 unspecified atom stereocenters. The molecular formula is C15H21N3. The predicted octanol–water partition coefficient (Wildman–Crippen LogP) is 3.31. The van der Waals surface area contributed by atoms with E-state index in [1.807, 2.05) is 35.1 Å². The van der Waals surface area contributed by atoms with Crippen molar-refractivity contribution in [3.05, 3.63) is 48.3 Å². The molecule has 0 saturated heterocycles. The van der Waals surface area contributed by atoms with Crippen LogP contribution in [0, 0.1) is 5.92 Å². The van der Waals surface area contributed by atoms with E-state index in [1.165, 1.54) is 0 Å². The van der Waals surface area contributed by atoms with Crippen molar-refractivity contribution in [2.75, 3.05) is 0 Å². The van der Waals surface area contributed by atoms with Gasteiger partial charge in [-0.1, -0.05) is 44.9 Å². The Hall–Kier alpha value is -1.61. The largest absolute Gasteiger partial charge is 0.322 e. The van der Waals surface area contributed by atoms with Crippen molar-refractivity contribution in [2.45, 2.75) is 32.7 Å². The van der Waals surface area contributed by atoms with Crippen molar-refractivity contribution in [1.82, 2.24) is 9.78 Å². The summed E-state index contributed by atoms with van der Waals surface area (Å²) >= 11 is 0. The van der Waals surface area contributed by atoms with Crippen LogP contribution in [-0.2, 0) is 0 Å². The second-order valence-electron chi connectivity index (χ2n) is 4.61. The summed E-state index contributed by atoms with van der Waals surface area (Å²) < 4.78 is 1.95. The number of benzene rings is 1. The van der Waals surface area contributed by atoms with Crippen molar-refractivity contribution in [3.8, 4) is 5.69 Å². The van der Waals surface area contributed by atoms with Crippen LogP contribution in [-0.4, -0.2) is 9.78 Å². The van der Waals surface area contributed by atoms with Gasteiger partial charge in [-0.2, -0.15) is 5.10 Å². The average molecular weight is 243 g/mol. The van der Waals surface area contributed by atoms with Gasteiger partial charge >= 0.3 is 0 Å². The van der Waals surface area contributed by atoms with Gasteiger partial charge in [-0.25, -0.2) is 4.68 Å². The molecule has 3 heteroatoms. The summed E-state index contributed by atoms with van der Waals surface area (Å²) in [7, 11) is 0. The predicted molar refractivity (Wildman–Crippen MR) is 74.6 cm³/mol. The molecule has 0 amide bonds. The van der Waals surface area contributed by atoms with E-state index < -0.39 is 0 Å². The van der Waals surface area contributed by atoms with E-state index in [1.54, 1.807) is 0 Å². The van der Waals surface area contributed by atoms with Gasteiger partial charge in [-0.3, -0.25) is 0 Å². The zero-order valence-electron chi connectivity index (χ0n) is 11.1. The minimum absolute atomic E-state index is 0.0442. The minimum atomic E-state index is 0.0442. The molecule has 0 aliphatic heterocycles. The number of aromatic nitrogens is 2. The van der Waals surface area contributed by atoms with Crippen LogP contribution in [0.3, 0.4) is 0 Å². The van der Waals surface area contributed by atoms with Crippen LogP contribution < -0.4 is 5.73 Å². The maximum Gasteiger partial charge on any atom is 0.0649 e. The lowest BCUT2D eigenvalue weighted by atomic mass is 9.92. The average Bonchev–Trinajstić information content (AvgIpc) is 2.90. The summed E-state index contributed by atoms with van der Waals surface area (Å²) in [5.74, 6) is 0.504. The zero-order valence-corrected chi connectivity index (χ0v) is 11.1. The number of hydrogen-bond acceptors (Lipinski definition) is 2. The second kappa shape index (κ2) is 5.83. The molecule has 3 nitrogen and oxygen atoms in total. The summed E-state index contributed by atoms with van der Waals surface area (Å²) in [6, 6.07) is 12.2. The van der Waals surface area contributed by atoms with Gasteiger partial charge in [-0.05, 0) is 24.1 Å². The molecule has 0 aliphatic rings. The highest BCUT2D eigenvalue weighted by Crippen LogP contribution is 2.26. The zero-order chi connectivity index (χ0) is 13.0. The number of nitrogens with zero attached hydrogens (tertiary/aromatic N) is 2. The fraction of sp³-hybridized carbons (Fsp3) is 0.400. The molecule has 2 N–H and O–H groups in total. The summed E-state index contributed by atoms with van der Waals surface area (Å²) in [6.45, 7) is 4.38. The quantitative estimate of drug-likeness (QED) is 0.875. The fourth-order valence-electron chi connectivity index (χ4n) is 2.39. The van der Waals surface area contributed by atoms with Crippen LogP contribution in [0.2, 0.25) is 0 Å². The van der Waals surface area contributed by atoms with Gasteiger partial charge in [0.15, 0.2) is 0 Å². The van der Waals surface area contributed by atoms with Crippen molar-refractivity contribution >= 4 is 0 Å². The van der Waals surface area contributed by atoms with E-state index in [4.69, 9.17) is 5.73 Å². The smallest absolute Gasteiger partial charge is 0.0649 e. The molecule has 0 saturated carbocycles. The highest BCUT2D eigenvalue weighted by Gasteiger charge is 2.20. The van der Waals surface area contributed by atoms with Gasteiger partial charge in [0, 0.05) is 12.2 Å². The summed E-state index contributed by atoms with van der Waals surface area (Å²) in [6.07, 6.45) is 4.01. The first kappa shape index (κ1) is 12.8. The van der Waals surface area contributed by atoms with Crippen molar-refractivity contribution in [3.63, 3.8) is 0 Å². The standard InChI is InChI=1S/C15H21N3/c1-3-12(4-2)15(16)14-10-11-17-18(14)13-8-6-5-7-9-13/h5-12,15H,3-4,16H2,1-2H3. The number of nitrogens with two attached hydrogens (primary N) is 1. The van der Waals surface area contributed by atoms with Gasteiger partial charge in [0.1, 0.15) is 0 Å². The Morgan fingerprint density at radius 3 is 2.39 bits per heavy atom. The molecule has 18 heavy (non-hydrogen) atoms. The Bertz CT molecular complexity index is 471. The lowest BCUT2D eigenvalue weighted by Gasteiger charge is -2.22. The molecule has 0 fully saturated rings. The number of hydrogen-bond donors (Lipinski definition) is 1. The van der Waals surface area contributed by atoms with Crippen LogP contribution >= 0.6 is 0 Å². The lowest BCUT2D eigenvalue weighted by Crippen LogP contribution is -2.23. The Morgan fingerprint density at radius 2 is 1.78 bits per heavy atom. The summed E-state index contributed by atoms with van der Waals surface area (Å²) in [4.78, 5) is 0. The summed E-state index contributed by atoms with van der Waals surface area (Å²) in [5, 5.41) is 4.40. The molecule has 96 valence electrons. The van der Waals surface area contributed by atoms with Crippen LogP contribution in [0.4, 0.5) is 0 Å².